The lowest BCUT2D eigenvalue weighted by molar-refractivity contribution is -0.384. The molecule has 0 saturated heterocycles. The number of non-ortho nitro benzene ring substituents is 1. The molecule has 0 heterocycles. The first kappa shape index (κ1) is 18.7. The number of nitro groups is 1. The molecule has 2 aromatic carbocycles. The number of carboxylic acids is 1. The van der Waals surface area contributed by atoms with Gasteiger partial charge in [-0.15, -0.1) is 11.8 Å². The zero-order chi connectivity index (χ0) is 18.4. The number of aliphatic carboxylic acids is 1. The molecule has 130 valence electrons. The fraction of sp³-hybridized carbons (Fsp3) is 0.222. The molecule has 25 heavy (non-hydrogen) atoms. The number of hydrogen-bond acceptors (Lipinski definition) is 6. The molecule has 0 amide bonds. The van der Waals surface area contributed by atoms with Gasteiger partial charge in [0.25, 0.3) is 5.69 Å². The van der Waals surface area contributed by atoms with E-state index in [2.05, 4.69) is 0 Å². The van der Waals surface area contributed by atoms with Crippen LogP contribution in [0.3, 0.4) is 0 Å². The highest BCUT2D eigenvalue weighted by atomic mass is 32.2. The minimum Gasteiger partial charge on any atom is -0.549 e. The monoisotopic (exact) mass is 358 g/mol. The maximum atomic E-state index is 12.5. The summed E-state index contributed by atoms with van der Waals surface area (Å²) in [5, 5.41) is 21.1. The van der Waals surface area contributed by atoms with Crippen LogP contribution in [-0.4, -0.2) is 22.4 Å². The molecular formula is C18H16NO5S-. The fourth-order valence-corrected chi connectivity index (χ4v) is 3.23. The molecule has 0 bridgehead atoms. The van der Waals surface area contributed by atoms with Gasteiger partial charge in [0.1, 0.15) is 0 Å². The van der Waals surface area contributed by atoms with E-state index in [0.29, 0.717) is 11.1 Å². The summed E-state index contributed by atoms with van der Waals surface area (Å²) in [6.07, 6.45) is 0.0961. The maximum absolute atomic E-state index is 12.5. The van der Waals surface area contributed by atoms with Gasteiger partial charge in [0.05, 0.1) is 10.9 Å². The molecule has 0 aliphatic rings. The molecule has 7 heteroatoms. The quantitative estimate of drug-likeness (QED) is 0.408. The lowest BCUT2D eigenvalue weighted by Gasteiger charge is -2.17. The summed E-state index contributed by atoms with van der Waals surface area (Å²) in [6, 6.07) is 12.9. The normalized spacial score (nSPS) is 11.7. The van der Waals surface area contributed by atoms with Crippen molar-refractivity contribution in [2.45, 2.75) is 18.6 Å². The van der Waals surface area contributed by atoms with Crippen LogP contribution < -0.4 is 5.11 Å². The third-order valence-electron chi connectivity index (χ3n) is 3.62. The molecule has 0 saturated carbocycles. The molecular weight excluding hydrogens is 342 g/mol. The molecule has 0 aliphatic carbocycles. The van der Waals surface area contributed by atoms with Gasteiger partial charge in [-0.25, -0.2) is 0 Å². The Balaban J connectivity index is 2.19. The highest BCUT2D eigenvalue weighted by Crippen LogP contribution is 2.34. The summed E-state index contributed by atoms with van der Waals surface area (Å²) in [4.78, 5) is 33.5. The predicted molar refractivity (Wildman–Crippen MR) is 93.4 cm³/mol. The average Bonchev–Trinajstić information content (AvgIpc) is 2.59. The van der Waals surface area contributed by atoms with Crippen LogP contribution in [0, 0.1) is 17.0 Å². The number of ketones is 1. The number of Topliss-reactive ketones (excluding diaryl/α,β-unsaturated/α-hetero) is 1. The molecule has 6 nitrogen and oxygen atoms in total. The largest absolute Gasteiger partial charge is 0.549 e. The Bertz CT molecular complexity index is 771. The van der Waals surface area contributed by atoms with E-state index >= 15 is 0 Å². The van der Waals surface area contributed by atoms with Crippen LogP contribution in [0.25, 0.3) is 0 Å². The smallest absolute Gasteiger partial charge is 0.269 e. The summed E-state index contributed by atoms with van der Waals surface area (Å²) in [5.74, 6) is -1.60. The van der Waals surface area contributed by atoms with Gasteiger partial charge in [-0.2, -0.15) is 0 Å². The predicted octanol–water partition coefficient (Wildman–Crippen LogP) is 2.70. The van der Waals surface area contributed by atoms with Gasteiger partial charge in [0, 0.05) is 35.1 Å². The lowest BCUT2D eigenvalue weighted by Crippen LogP contribution is -2.25. The van der Waals surface area contributed by atoms with Crippen LogP contribution in [0.2, 0.25) is 0 Å². The number of hydrogen-bond donors (Lipinski definition) is 0. The van der Waals surface area contributed by atoms with Gasteiger partial charge in [0.15, 0.2) is 5.78 Å². The van der Waals surface area contributed by atoms with Gasteiger partial charge in [-0.3, -0.25) is 14.9 Å². The van der Waals surface area contributed by atoms with Gasteiger partial charge in [-0.05, 0) is 12.5 Å². The average molecular weight is 358 g/mol. The first-order valence-electron chi connectivity index (χ1n) is 7.52. The molecule has 2 aromatic rings. The number of benzene rings is 2. The standard InChI is InChI=1S/C18H17NO5S/c1-12-2-4-13(5-3-12)16(20)10-17(25-11-18(21)22)14-6-8-15(9-7-14)19(23)24/h2-9,17H,10-11H2,1H3,(H,21,22)/p-1. The first-order valence-corrected chi connectivity index (χ1v) is 8.57. The van der Waals surface area contributed by atoms with E-state index in [4.69, 9.17) is 0 Å². The molecule has 0 N–H and O–H groups in total. The van der Waals surface area contributed by atoms with E-state index in [1.54, 1.807) is 24.3 Å². The van der Waals surface area contributed by atoms with E-state index in [1.165, 1.54) is 12.1 Å². The van der Waals surface area contributed by atoms with Crippen LogP contribution in [0.5, 0.6) is 0 Å². The zero-order valence-corrected chi connectivity index (χ0v) is 14.3. The SMILES string of the molecule is Cc1ccc(C(=O)CC(SCC(=O)[O-])c2ccc([N+](=O)[O-])cc2)cc1. The molecule has 0 fully saturated rings. The summed E-state index contributed by atoms with van der Waals surface area (Å²) in [5.41, 5.74) is 2.19. The summed E-state index contributed by atoms with van der Waals surface area (Å²) in [6.45, 7) is 1.92. The first-order chi connectivity index (χ1) is 11.9. The third kappa shape index (κ3) is 5.42. The number of carboxylic acid groups (broad SMARTS) is 1. The Hall–Kier alpha value is -2.67. The van der Waals surface area contributed by atoms with Crippen molar-refractivity contribution in [3.8, 4) is 0 Å². The highest BCUT2D eigenvalue weighted by Gasteiger charge is 2.19. The lowest BCUT2D eigenvalue weighted by atomic mass is 10.0. The van der Waals surface area contributed by atoms with Crippen molar-refractivity contribution in [3.63, 3.8) is 0 Å². The second kappa shape index (κ2) is 8.43. The summed E-state index contributed by atoms with van der Waals surface area (Å²) < 4.78 is 0. The molecule has 1 atom stereocenters. The van der Waals surface area contributed by atoms with E-state index in [1.807, 2.05) is 19.1 Å². The second-order valence-corrected chi connectivity index (χ2v) is 6.70. The van der Waals surface area contributed by atoms with Crippen LogP contribution in [-0.2, 0) is 4.79 Å². The molecule has 2 rings (SSSR count). The van der Waals surface area contributed by atoms with Gasteiger partial charge in [0.2, 0.25) is 0 Å². The minimum atomic E-state index is -1.22. The van der Waals surface area contributed by atoms with Crippen LogP contribution >= 0.6 is 11.8 Å². The highest BCUT2D eigenvalue weighted by molar-refractivity contribution is 8.00. The van der Waals surface area contributed by atoms with Crippen molar-refractivity contribution in [2.24, 2.45) is 0 Å². The molecule has 0 spiro atoms. The van der Waals surface area contributed by atoms with Gasteiger partial charge >= 0.3 is 0 Å². The van der Waals surface area contributed by atoms with Crippen molar-refractivity contribution >= 4 is 29.2 Å². The number of nitro benzene ring substituents is 1. The number of aryl methyl sites for hydroxylation is 1. The number of rotatable bonds is 8. The van der Waals surface area contributed by atoms with Gasteiger partial charge in [-0.1, -0.05) is 42.0 Å². The van der Waals surface area contributed by atoms with Crippen molar-refractivity contribution in [2.75, 3.05) is 5.75 Å². The molecule has 1 unspecified atom stereocenters. The van der Waals surface area contributed by atoms with Crippen molar-refractivity contribution in [1.82, 2.24) is 0 Å². The number of nitrogens with zero attached hydrogens (tertiary/aromatic N) is 1. The van der Waals surface area contributed by atoms with Gasteiger partial charge < -0.3 is 9.90 Å². The van der Waals surface area contributed by atoms with Crippen LogP contribution in [0.4, 0.5) is 5.69 Å². The summed E-state index contributed by atoms with van der Waals surface area (Å²) >= 11 is 1.07. The molecule has 0 aromatic heterocycles. The van der Waals surface area contributed by atoms with E-state index in [0.717, 1.165) is 17.3 Å². The Labute approximate surface area is 149 Å². The van der Waals surface area contributed by atoms with Crippen LogP contribution in [0.1, 0.15) is 33.2 Å². The van der Waals surface area contributed by atoms with E-state index in [9.17, 15) is 24.8 Å². The maximum Gasteiger partial charge on any atom is 0.269 e. The molecule has 0 radical (unpaired) electrons. The second-order valence-electron chi connectivity index (χ2n) is 5.51. The van der Waals surface area contributed by atoms with Crippen molar-refractivity contribution in [1.29, 1.82) is 0 Å². The van der Waals surface area contributed by atoms with E-state index < -0.39 is 16.1 Å². The number of carbonyl (C=O) groups is 2. The van der Waals surface area contributed by atoms with Crippen molar-refractivity contribution in [3.05, 3.63) is 75.3 Å². The van der Waals surface area contributed by atoms with E-state index in [-0.39, 0.29) is 23.6 Å². The minimum absolute atomic E-state index is 0.0581. The van der Waals surface area contributed by atoms with Crippen LogP contribution in [0.15, 0.2) is 48.5 Å². The zero-order valence-electron chi connectivity index (χ0n) is 13.5. The number of thioether (sulfide) groups is 1. The number of carbonyl (C=O) groups excluding carboxylic acids is 2. The fourth-order valence-electron chi connectivity index (χ4n) is 2.28. The summed E-state index contributed by atoms with van der Waals surface area (Å²) in [7, 11) is 0. The Morgan fingerprint density at radius 3 is 2.20 bits per heavy atom. The van der Waals surface area contributed by atoms with Crippen molar-refractivity contribution < 1.29 is 19.6 Å². The third-order valence-corrected chi connectivity index (χ3v) is 4.87. The topological polar surface area (TPSA) is 100 Å². The Morgan fingerprint density at radius 2 is 1.68 bits per heavy atom. The molecule has 0 aliphatic heterocycles. The Morgan fingerprint density at radius 1 is 1.08 bits per heavy atom. The Kier molecular flexibility index (Phi) is 6.30.